The van der Waals surface area contributed by atoms with Crippen LogP contribution in [0.1, 0.15) is 28.4 Å². The highest BCUT2D eigenvalue weighted by atomic mass is 32.2. The number of anilines is 1. The quantitative estimate of drug-likeness (QED) is 0.877. The van der Waals surface area contributed by atoms with Crippen LogP contribution in [0.3, 0.4) is 0 Å². The Morgan fingerprint density at radius 2 is 1.73 bits per heavy atom. The summed E-state index contributed by atoms with van der Waals surface area (Å²) in [4.78, 5) is 11.4. The van der Waals surface area contributed by atoms with Crippen LogP contribution in [0.5, 0.6) is 0 Å². The molecular formula is C16H16FNO3S. The van der Waals surface area contributed by atoms with Crippen molar-refractivity contribution in [3.63, 3.8) is 0 Å². The van der Waals surface area contributed by atoms with Crippen molar-refractivity contribution < 1.29 is 17.6 Å². The second-order valence-corrected chi connectivity index (χ2v) is 6.75. The minimum Gasteiger partial charge on any atom is -0.295 e. The molecule has 6 heteroatoms. The Morgan fingerprint density at radius 3 is 2.32 bits per heavy atom. The number of ketones is 1. The second-order valence-electron chi connectivity index (χ2n) is 5.10. The Kier molecular flexibility index (Phi) is 4.32. The number of Topliss-reactive ketones (excluding diaryl/α,β-unsaturated/α-hetero) is 1. The lowest BCUT2D eigenvalue weighted by molar-refractivity contribution is 0.101. The number of rotatable bonds is 4. The number of nitrogens with one attached hydrogen (secondary N) is 1. The van der Waals surface area contributed by atoms with E-state index in [1.165, 1.54) is 26.0 Å². The van der Waals surface area contributed by atoms with Crippen LogP contribution >= 0.6 is 0 Å². The number of aryl methyl sites for hydroxylation is 2. The maximum absolute atomic E-state index is 13.1. The first-order valence-corrected chi connectivity index (χ1v) is 8.09. The maximum atomic E-state index is 13.1. The number of hydrogen-bond donors (Lipinski definition) is 1. The predicted molar refractivity (Wildman–Crippen MR) is 83.1 cm³/mol. The van der Waals surface area contributed by atoms with E-state index in [0.29, 0.717) is 22.4 Å². The molecule has 116 valence electrons. The molecule has 0 aliphatic heterocycles. The summed E-state index contributed by atoms with van der Waals surface area (Å²) in [6.07, 6.45) is 0. The number of carbonyl (C=O) groups excluding carboxylic acids is 1. The van der Waals surface area contributed by atoms with Crippen LogP contribution in [-0.4, -0.2) is 14.2 Å². The van der Waals surface area contributed by atoms with Crippen LogP contribution in [0.25, 0.3) is 0 Å². The number of halogens is 1. The third-order valence-electron chi connectivity index (χ3n) is 3.31. The summed E-state index contributed by atoms with van der Waals surface area (Å²) < 4.78 is 40.5. The van der Waals surface area contributed by atoms with Gasteiger partial charge in [0.25, 0.3) is 10.0 Å². The fourth-order valence-electron chi connectivity index (χ4n) is 2.07. The zero-order valence-electron chi connectivity index (χ0n) is 12.5. The molecule has 0 fully saturated rings. The van der Waals surface area contributed by atoms with Crippen molar-refractivity contribution in [1.82, 2.24) is 0 Å². The van der Waals surface area contributed by atoms with Gasteiger partial charge < -0.3 is 0 Å². The molecule has 0 aromatic heterocycles. The largest absolute Gasteiger partial charge is 0.295 e. The van der Waals surface area contributed by atoms with Gasteiger partial charge in [-0.1, -0.05) is 12.1 Å². The summed E-state index contributed by atoms with van der Waals surface area (Å²) in [5.74, 6) is -0.649. The minimum absolute atomic E-state index is 0.00141. The molecule has 0 aliphatic carbocycles. The van der Waals surface area contributed by atoms with Crippen molar-refractivity contribution in [2.24, 2.45) is 0 Å². The first kappa shape index (κ1) is 16.2. The molecule has 0 amide bonds. The molecule has 2 aromatic rings. The van der Waals surface area contributed by atoms with E-state index in [-0.39, 0.29) is 10.7 Å². The van der Waals surface area contributed by atoms with Crippen molar-refractivity contribution in [2.45, 2.75) is 25.7 Å². The van der Waals surface area contributed by atoms with Gasteiger partial charge in [-0.05, 0) is 56.2 Å². The minimum atomic E-state index is -3.85. The average molecular weight is 321 g/mol. The summed E-state index contributed by atoms with van der Waals surface area (Å²) in [5, 5.41) is 0. The summed E-state index contributed by atoms with van der Waals surface area (Å²) in [7, 11) is -3.85. The molecule has 0 radical (unpaired) electrons. The van der Waals surface area contributed by atoms with Crippen LogP contribution < -0.4 is 4.72 Å². The maximum Gasteiger partial charge on any atom is 0.262 e. The van der Waals surface area contributed by atoms with E-state index < -0.39 is 15.8 Å². The van der Waals surface area contributed by atoms with Crippen molar-refractivity contribution >= 4 is 21.5 Å². The summed E-state index contributed by atoms with van der Waals surface area (Å²) >= 11 is 0. The fourth-order valence-corrected chi connectivity index (χ4v) is 3.41. The molecule has 0 bridgehead atoms. The molecule has 2 rings (SSSR count). The molecule has 0 aliphatic rings. The molecule has 0 atom stereocenters. The van der Waals surface area contributed by atoms with E-state index in [4.69, 9.17) is 0 Å². The smallest absolute Gasteiger partial charge is 0.262 e. The Morgan fingerprint density at radius 1 is 1.05 bits per heavy atom. The van der Waals surface area contributed by atoms with E-state index >= 15 is 0 Å². The first-order valence-electron chi connectivity index (χ1n) is 6.61. The molecular weight excluding hydrogens is 305 g/mol. The van der Waals surface area contributed by atoms with Crippen LogP contribution in [0, 0.1) is 19.7 Å². The van der Waals surface area contributed by atoms with E-state index in [0.717, 1.165) is 12.1 Å². The summed E-state index contributed by atoms with van der Waals surface area (Å²) in [5.41, 5.74) is 1.75. The summed E-state index contributed by atoms with van der Waals surface area (Å²) in [6.45, 7) is 4.67. The molecule has 0 spiro atoms. The van der Waals surface area contributed by atoms with Gasteiger partial charge in [-0.2, -0.15) is 0 Å². The standard InChI is InChI=1S/C16H16FNO3S/c1-10-4-5-13(12(3)19)9-15(10)18-22(20,21)16-7-6-14(17)8-11(16)2/h4-9,18H,1-3H3. The van der Waals surface area contributed by atoms with Crippen LogP contribution in [0.4, 0.5) is 10.1 Å². The van der Waals surface area contributed by atoms with Crippen molar-refractivity contribution in [1.29, 1.82) is 0 Å². The first-order chi connectivity index (χ1) is 10.2. The molecule has 22 heavy (non-hydrogen) atoms. The zero-order chi connectivity index (χ0) is 16.5. The van der Waals surface area contributed by atoms with Gasteiger partial charge in [0.2, 0.25) is 0 Å². The Hall–Kier alpha value is -2.21. The van der Waals surface area contributed by atoms with Crippen LogP contribution in [0.2, 0.25) is 0 Å². The Bertz CT molecular complexity index is 844. The van der Waals surface area contributed by atoms with Gasteiger partial charge >= 0.3 is 0 Å². The zero-order valence-corrected chi connectivity index (χ0v) is 13.3. The number of benzene rings is 2. The third kappa shape index (κ3) is 3.33. The Labute approximate surface area is 129 Å². The fraction of sp³-hybridized carbons (Fsp3) is 0.188. The highest BCUT2D eigenvalue weighted by Crippen LogP contribution is 2.23. The van der Waals surface area contributed by atoms with Crippen molar-refractivity contribution in [3.05, 3.63) is 58.9 Å². The number of sulfonamides is 1. The highest BCUT2D eigenvalue weighted by molar-refractivity contribution is 7.92. The van der Waals surface area contributed by atoms with Gasteiger partial charge in [0.1, 0.15) is 5.82 Å². The van der Waals surface area contributed by atoms with Gasteiger partial charge in [0.05, 0.1) is 10.6 Å². The monoisotopic (exact) mass is 321 g/mol. The van der Waals surface area contributed by atoms with E-state index in [2.05, 4.69) is 4.72 Å². The lowest BCUT2D eigenvalue weighted by Crippen LogP contribution is -2.15. The van der Waals surface area contributed by atoms with Gasteiger partial charge in [-0.25, -0.2) is 12.8 Å². The highest BCUT2D eigenvalue weighted by Gasteiger charge is 2.18. The lowest BCUT2D eigenvalue weighted by atomic mass is 10.1. The van der Waals surface area contributed by atoms with Gasteiger partial charge in [0, 0.05) is 5.56 Å². The lowest BCUT2D eigenvalue weighted by Gasteiger charge is -2.13. The van der Waals surface area contributed by atoms with E-state index in [1.54, 1.807) is 19.1 Å². The average Bonchev–Trinajstić information content (AvgIpc) is 2.40. The molecule has 0 saturated carbocycles. The Balaban J connectivity index is 2.45. The van der Waals surface area contributed by atoms with Crippen molar-refractivity contribution in [2.75, 3.05) is 4.72 Å². The number of carbonyl (C=O) groups is 1. The predicted octanol–water partition coefficient (Wildman–Crippen LogP) is 3.45. The molecule has 2 aromatic carbocycles. The van der Waals surface area contributed by atoms with Gasteiger partial charge in [0.15, 0.2) is 5.78 Å². The van der Waals surface area contributed by atoms with Crippen LogP contribution in [-0.2, 0) is 10.0 Å². The third-order valence-corrected chi connectivity index (χ3v) is 4.84. The molecule has 1 N–H and O–H groups in total. The molecule has 4 nitrogen and oxygen atoms in total. The van der Waals surface area contributed by atoms with Gasteiger partial charge in [-0.15, -0.1) is 0 Å². The summed E-state index contributed by atoms with van der Waals surface area (Å²) in [6, 6.07) is 8.28. The molecule has 0 unspecified atom stereocenters. The topological polar surface area (TPSA) is 63.2 Å². The normalized spacial score (nSPS) is 11.3. The van der Waals surface area contributed by atoms with E-state index in [9.17, 15) is 17.6 Å². The molecule has 0 heterocycles. The van der Waals surface area contributed by atoms with Crippen LogP contribution in [0.15, 0.2) is 41.3 Å². The van der Waals surface area contributed by atoms with Gasteiger partial charge in [-0.3, -0.25) is 9.52 Å². The van der Waals surface area contributed by atoms with Crippen molar-refractivity contribution in [3.8, 4) is 0 Å². The molecule has 0 saturated heterocycles. The second kappa shape index (κ2) is 5.88. The van der Waals surface area contributed by atoms with E-state index in [1.807, 2.05) is 0 Å². The SMILES string of the molecule is CC(=O)c1ccc(C)c(NS(=O)(=O)c2ccc(F)cc2C)c1. The number of hydrogen-bond acceptors (Lipinski definition) is 3.